The molecule has 21 heavy (non-hydrogen) atoms. The van der Waals surface area contributed by atoms with Gasteiger partial charge in [0.25, 0.3) is 0 Å². The third-order valence-electron chi connectivity index (χ3n) is 3.29. The van der Waals surface area contributed by atoms with Crippen LogP contribution in [-0.4, -0.2) is 11.7 Å². The van der Waals surface area contributed by atoms with Gasteiger partial charge in [-0.3, -0.25) is 0 Å². The molecule has 1 atom stereocenters. The number of hydrogen-bond donors (Lipinski definition) is 1. The van der Waals surface area contributed by atoms with Crippen molar-refractivity contribution in [2.24, 2.45) is 0 Å². The maximum atomic E-state index is 13.6. The number of fused-ring (bicyclic) bond motifs is 1. The van der Waals surface area contributed by atoms with E-state index in [4.69, 9.17) is 9.15 Å². The molecule has 1 heterocycles. The Hall–Kier alpha value is -2.33. The molecule has 0 spiro atoms. The van der Waals surface area contributed by atoms with E-state index < -0.39 is 11.9 Å². The van der Waals surface area contributed by atoms with Gasteiger partial charge in [0.2, 0.25) is 0 Å². The van der Waals surface area contributed by atoms with E-state index >= 15 is 0 Å². The van der Waals surface area contributed by atoms with E-state index in [9.17, 15) is 9.50 Å². The fourth-order valence-corrected chi connectivity index (χ4v) is 2.26. The molecular formula is C17H15FO3. The molecule has 0 aliphatic heterocycles. The van der Waals surface area contributed by atoms with E-state index in [1.165, 1.54) is 6.07 Å². The van der Waals surface area contributed by atoms with Crippen LogP contribution in [-0.2, 0) is 0 Å². The molecule has 0 fully saturated rings. The van der Waals surface area contributed by atoms with Crippen LogP contribution in [0.25, 0.3) is 11.0 Å². The molecule has 0 bridgehead atoms. The fraction of sp³-hybridized carbons (Fsp3) is 0.176. The van der Waals surface area contributed by atoms with Crippen LogP contribution >= 0.6 is 0 Å². The molecule has 1 unspecified atom stereocenters. The summed E-state index contributed by atoms with van der Waals surface area (Å²) >= 11 is 0. The normalized spacial score (nSPS) is 12.5. The summed E-state index contributed by atoms with van der Waals surface area (Å²) in [5.41, 5.74) is 0.829. The van der Waals surface area contributed by atoms with E-state index in [2.05, 4.69) is 0 Å². The number of benzene rings is 2. The highest BCUT2D eigenvalue weighted by Crippen LogP contribution is 2.30. The minimum absolute atomic E-state index is 0.164. The Morgan fingerprint density at radius 2 is 1.95 bits per heavy atom. The van der Waals surface area contributed by atoms with Crippen LogP contribution in [0.4, 0.5) is 4.39 Å². The van der Waals surface area contributed by atoms with Gasteiger partial charge in [0, 0.05) is 5.39 Å². The predicted octanol–water partition coefficient (Wildman–Crippen LogP) is 4.05. The Morgan fingerprint density at radius 1 is 1.19 bits per heavy atom. The second kappa shape index (κ2) is 5.58. The standard InChI is InChI=1S/C17H15FO3/c1-2-20-13-8-6-11(7-9-13)16(19)15-10-12-4-3-5-14(18)17(12)21-15/h3-10,16,19H,2H2,1H3. The van der Waals surface area contributed by atoms with Crippen molar-refractivity contribution in [3.05, 3.63) is 65.7 Å². The first-order chi connectivity index (χ1) is 10.2. The lowest BCUT2D eigenvalue weighted by molar-refractivity contribution is 0.191. The zero-order chi connectivity index (χ0) is 14.8. The summed E-state index contributed by atoms with van der Waals surface area (Å²) in [5, 5.41) is 11.0. The van der Waals surface area contributed by atoms with Gasteiger partial charge in [-0.25, -0.2) is 4.39 Å². The fourth-order valence-electron chi connectivity index (χ4n) is 2.26. The highest BCUT2D eigenvalue weighted by Gasteiger charge is 2.17. The zero-order valence-corrected chi connectivity index (χ0v) is 11.5. The van der Waals surface area contributed by atoms with E-state index in [0.717, 1.165) is 5.75 Å². The third-order valence-corrected chi connectivity index (χ3v) is 3.29. The number of halogens is 1. The van der Waals surface area contributed by atoms with Gasteiger partial charge in [-0.1, -0.05) is 24.3 Å². The molecule has 3 aromatic rings. The molecule has 3 nitrogen and oxygen atoms in total. The maximum Gasteiger partial charge on any atom is 0.170 e. The molecule has 1 aromatic heterocycles. The third kappa shape index (κ3) is 2.62. The number of aliphatic hydroxyl groups excluding tert-OH is 1. The van der Waals surface area contributed by atoms with Gasteiger partial charge in [-0.15, -0.1) is 0 Å². The lowest BCUT2D eigenvalue weighted by Crippen LogP contribution is -1.98. The second-order valence-electron chi connectivity index (χ2n) is 4.71. The largest absolute Gasteiger partial charge is 0.494 e. The first-order valence-corrected chi connectivity index (χ1v) is 6.78. The molecule has 0 aliphatic rings. The maximum absolute atomic E-state index is 13.6. The number of aliphatic hydroxyl groups is 1. The van der Waals surface area contributed by atoms with Crippen molar-refractivity contribution in [2.45, 2.75) is 13.0 Å². The summed E-state index contributed by atoms with van der Waals surface area (Å²) in [6.07, 6.45) is -0.938. The Balaban J connectivity index is 1.92. The smallest absolute Gasteiger partial charge is 0.170 e. The Bertz CT molecular complexity index is 746. The zero-order valence-electron chi connectivity index (χ0n) is 11.5. The van der Waals surface area contributed by atoms with Crippen molar-refractivity contribution in [2.75, 3.05) is 6.61 Å². The highest BCUT2D eigenvalue weighted by molar-refractivity contribution is 5.78. The molecule has 2 aromatic carbocycles. The topological polar surface area (TPSA) is 42.6 Å². The van der Waals surface area contributed by atoms with Crippen LogP contribution in [0.3, 0.4) is 0 Å². The molecule has 0 radical (unpaired) electrons. The molecule has 0 amide bonds. The predicted molar refractivity (Wildman–Crippen MR) is 77.8 cm³/mol. The first kappa shape index (κ1) is 13.6. The molecular weight excluding hydrogens is 271 g/mol. The van der Waals surface area contributed by atoms with Crippen LogP contribution in [0, 0.1) is 5.82 Å². The monoisotopic (exact) mass is 286 g/mol. The van der Waals surface area contributed by atoms with Gasteiger partial charge in [-0.2, -0.15) is 0 Å². The average Bonchev–Trinajstić information content (AvgIpc) is 2.93. The van der Waals surface area contributed by atoms with Gasteiger partial charge in [0.05, 0.1) is 6.61 Å². The lowest BCUT2D eigenvalue weighted by Gasteiger charge is -2.09. The van der Waals surface area contributed by atoms with Gasteiger partial charge in [0.15, 0.2) is 11.4 Å². The summed E-state index contributed by atoms with van der Waals surface area (Å²) < 4.78 is 24.4. The van der Waals surface area contributed by atoms with Crippen LogP contribution in [0.1, 0.15) is 24.4 Å². The van der Waals surface area contributed by atoms with Gasteiger partial charge in [-0.05, 0) is 36.8 Å². The molecule has 108 valence electrons. The molecule has 0 aliphatic carbocycles. The van der Waals surface area contributed by atoms with Crippen LogP contribution in [0.15, 0.2) is 52.9 Å². The SMILES string of the molecule is CCOc1ccc(C(O)c2cc3cccc(F)c3o2)cc1. The van der Waals surface area contributed by atoms with Crippen LogP contribution < -0.4 is 4.74 Å². The van der Waals surface area contributed by atoms with E-state index in [1.807, 2.05) is 6.92 Å². The highest BCUT2D eigenvalue weighted by atomic mass is 19.1. The summed E-state index contributed by atoms with van der Waals surface area (Å²) in [6.45, 7) is 2.50. The Labute approximate surface area is 121 Å². The summed E-state index contributed by atoms with van der Waals surface area (Å²) in [7, 11) is 0. The van der Waals surface area contributed by atoms with Crippen LogP contribution in [0.2, 0.25) is 0 Å². The first-order valence-electron chi connectivity index (χ1n) is 6.78. The van der Waals surface area contributed by atoms with Crippen molar-refractivity contribution < 1.29 is 18.7 Å². The molecule has 3 rings (SSSR count). The minimum atomic E-state index is -0.938. The number of para-hydroxylation sites is 1. The van der Waals surface area contributed by atoms with E-state index in [-0.39, 0.29) is 5.58 Å². The number of hydrogen-bond acceptors (Lipinski definition) is 3. The summed E-state index contributed by atoms with van der Waals surface area (Å²) in [4.78, 5) is 0. The van der Waals surface area contributed by atoms with Crippen molar-refractivity contribution in [1.82, 2.24) is 0 Å². The minimum Gasteiger partial charge on any atom is -0.494 e. The average molecular weight is 286 g/mol. The Kier molecular flexibility index (Phi) is 3.62. The van der Waals surface area contributed by atoms with E-state index in [1.54, 1.807) is 42.5 Å². The number of furan rings is 1. The van der Waals surface area contributed by atoms with Crippen molar-refractivity contribution in [3.63, 3.8) is 0 Å². The van der Waals surface area contributed by atoms with Gasteiger partial charge >= 0.3 is 0 Å². The summed E-state index contributed by atoms with van der Waals surface area (Å²) in [5.74, 6) is 0.626. The van der Waals surface area contributed by atoms with Gasteiger partial charge in [0.1, 0.15) is 17.6 Å². The molecule has 0 saturated carbocycles. The molecule has 1 N–H and O–H groups in total. The van der Waals surface area contributed by atoms with Crippen molar-refractivity contribution >= 4 is 11.0 Å². The quantitative estimate of drug-likeness (QED) is 0.786. The van der Waals surface area contributed by atoms with Crippen LogP contribution in [0.5, 0.6) is 5.75 Å². The molecule has 0 saturated heterocycles. The Morgan fingerprint density at radius 3 is 2.62 bits per heavy atom. The second-order valence-corrected chi connectivity index (χ2v) is 4.71. The van der Waals surface area contributed by atoms with E-state index in [0.29, 0.717) is 23.3 Å². The summed E-state index contributed by atoms with van der Waals surface area (Å²) in [6, 6.07) is 13.4. The number of ether oxygens (including phenoxy) is 1. The van der Waals surface area contributed by atoms with Crippen molar-refractivity contribution in [3.8, 4) is 5.75 Å². The number of rotatable bonds is 4. The lowest BCUT2D eigenvalue weighted by atomic mass is 10.1. The van der Waals surface area contributed by atoms with Crippen molar-refractivity contribution in [1.29, 1.82) is 0 Å². The molecule has 4 heteroatoms. The van der Waals surface area contributed by atoms with Gasteiger partial charge < -0.3 is 14.3 Å².